The van der Waals surface area contributed by atoms with E-state index in [2.05, 4.69) is 5.32 Å². The Morgan fingerprint density at radius 1 is 1.45 bits per heavy atom. The Morgan fingerprint density at radius 3 is 2.80 bits per heavy atom. The van der Waals surface area contributed by atoms with Crippen LogP contribution >= 0.6 is 0 Å². The number of nitrogens with zero attached hydrogens (tertiary/aromatic N) is 1. The molecule has 1 aliphatic rings. The van der Waals surface area contributed by atoms with E-state index < -0.39 is 11.9 Å². The van der Waals surface area contributed by atoms with Gasteiger partial charge in [-0.1, -0.05) is 6.92 Å². The monoisotopic (exact) mass is 280 g/mol. The molecule has 1 aliphatic heterocycles. The number of imide groups is 1. The third-order valence-electron chi connectivity index (χ3n) is 3.18. The molecule has 20 heavy (non-hydrogen) atoms. The van der Waals surface area contributed by atoms with Crippen LogP contribution in [0.25, 0.3) is 0 Å². The number of ether oxygens (including phenoxy) is 1. The Labute approximate surface area is 116 Å². The zero-order valence-corrected chi connectivity index (χ0v) is 11.5. The molecule has 5 nitrogen and oxygen atoms in total. The lowest BCUT2D eigenvalue weighted by Crippen LogP contribution is -2.35. The summed E-state index contributed by atoms with van der Waals surface area (Å²) in [5.74, 6) is -0.826. The molecule has 1 fully saturated rings. The zero-order chi connectivity index (χ0) is 14.7. The fraction of sp³-hybridized carbons (Fsp3) is 0.429. The Bertz CT molecular complexity index is 533. The molecule has 0 aromatic heterocycles. The number of amides is 2. The fourth-order valence-electron chi connectivity index (χ4n) is 2.21. The molecule has 1 N–H and O–H groups in total. The minimum absolute atomic E-state index is 0.104. The van der Waals surface area contributed by atoms with Crippen LogP contribution in [0.15, 0.2) is 18.2 Å². The number of carbonyl (C=O) groups excluding carboxylic acids is 2. The average Bonchev–Trinajstić information content (AvgIpc) is 2.67. The second kappa shape index (κ2) is 5.90. The first-order valence-electron chi connectivity index (χ1n) is 6.51. The van der Waals surface area contributed by atoms with Crippen LogP contribution in [0.5, 0.6) is 5.75 Å². The van der Waals surface area contributed by atoms with Crippen LogP contribution in [0.1, 0.15) is 19.8 Å². The molecule has 1 unspecified atom stereocenters. The van der Waals surface area contributed by atoms with E-state index in [0.29, 0.717) is 12.2 Å². The van der Waals surface area contributed by atoms with Crippen molar-refractivity contribution in [3.8, 4) is 5.75 Å². The van der Waals surface area contributed by atoms with E-state index in [1.807, 2.05) is 6.92 Å². The highest BCUT2D eigenvalue weighted by molar-refractivity contribution is 6.06. The smallest absolute Gasteiger partial charge is 0.252 e. The molecule has 0 saturated carbocycles. The van der Waals surface area contributed by atoms with E-state index in [4.69, 9.17) is 4.74 Å². The minimum Gasteiger partial charge on any atom is -0.494 e. The van der Waals surface area contributed by atoms with Crippen LogP contribution in [0.3, 0.4) is 0 Å². The molecule has 1 aromatic rings. The Kier molecular flexibility index (Phi) is 4.22. The maximum Gasteiger partial charge on any atom is 0.252 e. The van der Waals surface area contributed by atoms with Gasteiger partial charge in [-0.05, 0) is 18.6 Å². The number of nitrogens with one attached hydrogen (secondary N) is 1. The topological polar surface area (TPSA) is 58.6 Å². The highest BCUT2D eigenvalue weighted by Crippen LogP contribution is 2.23. The molecular formula is C14H17FN2O3. The van der Waals surface area contributed by atoms with Crippen molar-refractivity contribution in [2.75, 3.05) is 19.0 Å². The van der Waals surface area contributed by atoms with Crippen LogP contribution < -0.4 is 10.1 Å². The van der Waals surface area contributed by atoms with Crippen LogP contribution in [-0.4, -0.2) is 36.4 Å². The third kappa shape index (κ3) is 2.74. The number of halogens is 1. The van der Waals surface area contributed by atoms with Crippen molar-refractivity contribution >= 4 is 17.5 Å². The highest BCUT2D eigenvalue weighted by atomic mass is 19.1. The van der Waals surface area contributed by atoms with Gasteiger partial charge in [0.05, 0.1) is 13.5 Å². The van der Waals surface area contributed by atoms with Gasteiger partial charge < -0.3 is 10.1 Å². The summed E-state index contributed by atoms with van der Waals surface area (Å²) in [5.41, 5.74) is 0.452. The molecule has 1 heterocycles. The van der Waals surface area contributed by atoms with Gasteiger partial charge in [0, 0.05) is 18.3 Å². The largest absolute Gasteiger partial charge is 0.494 e. The van der Waals surface area contributed by atoms with Gasteiger partial charge in [0.25, 0.3) is 5.91 Å². The predicted octanol–water partition coefficient (Wildman–Crippen LogP) is 1.78. The summed E-state index contributed by atoms with van der Waals surface area (Å²) in [6.07, 6.45) is 0.827. The van der Waals surface area contributed by atoms with Crippen LogP contribution in [-0.2, 0) is 9.59 Å². The predicted molar refractivity (Wildman–Crippen MR) is 72.0 cm³/mol. The van der Waals surface area contributed by atoms with Crippen LogP contribution in [0.4, 0.5) is 10.1 Å². The van der Waals surface area contributed by atoms with E-state index in [1.54, 1.807) is 6.07 Å². The van der Waals surface area contributed by atoms with Gasteiger partial charge in [0.15, 0.2) is 11.6 Å². The molecule has 1 aromatic carbocycles. The Hall–Kier alpha value is -2.11. The Balaban J connectivity index is 2.09. The average molecular weight is 280 g/mol. The lowest BCUT2D eigenvalue weighted by Gasteiger charge is -2.15. The lowest BCUT2D eigenvalue weighted by atomic mass is 10.2. The van der Waals surface area contributed by atoms with E-state index in [-0.39, 0.29) is 24.0 Å². The summed E-state index contributed by atoms with van der Waals surface area (Å²) in [4.78, 5) is 25.0. The van der Waals surface area contributed by atoms with Crippen LogP contribution in [0.2, 0.25) is 0 Å². The van der Waals surface area contributed by atoms with E-state index >= 15 is 0 Å². The van der Waals surface area contributed by atoms with Gasteiger partial charge in [0.2, 0.25) is 5.91 Å². The van der Waals surface area contributed by atoms with Crippen LogP contribution in [0, 0.1) is 5.82 Å². The van der Waals surface area contributed by atoms with Gasteiger partial charge >= 0.3 is 0 Å². The molecule has 0 radical (unpaired) electrons. The zero-order valence-electron chi connectivity index (χ0n) is 11.5. The molecular weight excluding hydrogens is 263 g/mol. The normalized spacial score (nSPS) is 18.6. The van der Waals surface area contributed by atoms with E-state index in [0.717, 1.165) is 6.42 Å². The number of rotatable bonds is 5. The molecule has 1 saturated heterocycles. The van der Waals surface area contributed by atoms with E-state index in [1.165, 1.54) is 24.1 Å². The van der Waals surface area contributed by atoms with Gasteiger partial charge in [-0.15, -0.1) is 0 Å². The molecule has 0 bridgehead atoms. The molecule has 108 valence electrons. The summed E-state index contributed by atoms with van der Waals surface area (Å²) in [6.45, 7) is 2.33. The number of anilines is 1. The first-order valence-corrected chi connectivity index (χ1v) is 6.51. The van der Waals surface area contributed by atoms with Gasteiger partial charge in [-0.3, -0.25) is 14.5 Å². The van der Waals surface area contributed by atoms with Crippen molar-refractivity contribution in [3.63, 3.8) is 0 Å². The standard InChI is InChI=1S/C14H17FN2O3/c1-3-6-17-13(18)8-11(14(17)19)16-9-4-5-12(20-2)10(15)7-9/h4-5,7,11,16H,3,6,8H2,1-2H3. The summed E-state index contributed by atoms with van der Waals surface area (Å²) in [7, 11) is 1.38. The Morgan fingerprint density at radius 2 is 2.20 bits per heavy atom. The number of methoxy groups -OCH3 is 1. The molecule has 2 rings (SSSR count). The molecule has 6 heteroatoms. The molecule has 2 amide bonds. The lowest BCUT2D eigenvalue weighted by molar-refractivity contribution is -0.138. The molecule has 0 spiro atoms. The summed E-state index contributed by atoms with van der Waals surface area (Å²) in [6, 6.07) is 3.71. The molecule has 1 atom stereocenters. The maximum atomic E-state index is 13.6. The van der Waals surface area contributed by atoms with Crippen molar-refractivity contribution in [2.24, 2.45) is 0 Å². The maximum absolute atomic E-state index is 13.6. The van der Waals surface area contributed by atoms with Gasteiger partial charge in [-0.2, -0.15) is 0 Å². The van der Waals surface area contributed by atoms with E-state index in [9.17, 15) is 14.0 Å². The van der Waals surface area contributed by atoms with Crippen molar-refractivity contribution < 1.29 is 18.7 Å². The van der Waals surface area contributed by atoms with Crippen molar-refractivity contribution in [1.29, 1.82) is 0 Å². The van der Waals surface area contributed by atoms with Crippen molar-refractivity contribution in [3.05, 3.63) is 24.0 Å². The fourth-order valence-corrected chi connectivity index (χ4v) is 2.21. The summed E-state index contributed by atoms with van der Waals surface area (Å²) >= 11 is 0. The number of hydrogen-bond donors (Lipinski definition) is 1. The number of likely N-dealkylation sites (tertiary alicyclic amines) is 1. The van der Waals surface area contributed by atoms with Gasteiger partial charge in [-0.25, -0.2) is 4.39 Å². The quantitative estimate of drug-likeness (QED) is 0.835. The molecule has 0 aliphatic carbocycles. The van der Waals surface area contributed by atoms with Crippen molar-refractivity contribution in [1.82, 2.24) is 4.90 Å². The highest BCUT2D eigenvalue weighted by Gasteiger charge is 2.37. The number of benzene rings is 1. The third-order valence-corrected chi connectivity index (χ3v) is 3.18. The minimum atomic E-state index is -0.623. The summed E-state index contributed by atoms with van der Waals surface area (Å²) < 4.78 is 18.4. The number of hydrogen-bond acceptors (Lipinski definition) is 4. The second-order valence-corrected chi connectivity index (χ2v) is 4.63. The second-order valence-electron chi connectivity index (χ2n) is 4.63. The van der Waals surface area contributed by atoms with Gasteiger partial charge in [0.1, 0.15) is 6.04 Å². The number of carbonyl (C=O) groups is 2. The first-order chi connectivity index (χ1) is 9.56. The first kappa shape index (κ1) is 14.3. The summed E-state index contributed by atoms with van der Waals surface area (Å²) in [5, 5.41) is 2.89. The van der Waals surface area contributed by atoms with Crippen molar-refractivity contribution in [2.45, 2.75) is 25.8 Å². The SMILES string of the molecule is CCCN1C(=O)CC(Nc2ccc(OC)c(F)c2)C1=O.